The van der Waals surface area contributed by atoms with Crippen LogP contribution in [-0.4, -0.2) is 44.8 Å². The second-order valence-corrected chi connectivity index (χ2v) is 6.53. The lowest BCUT2D eigenvalue weighted by Gasteiger charge is -2.17. The van der Waals surface area contributed by atoms with Crippen LogP contribution < -0.4 is 15.4 Å². The maximum Gasteiger partial charge on any atom is 0.248 e. The van der Waals surface area contributed by atoms with Crippen molar-refractivity contribution < 1.29 is 17.9 Å². The average molecular weight is 285 g/mol. The van der Waals surface area contributed by atoms with Crippen LogP contribution >= 0.6 is 0 Å². The minimum atomic E-state index is -3.39. The van der Waals surface area contributed by atoms with Gasteiger partial charge in [-0.3, -0.25) is 9.69 Å². The van der Waals surface area contributed by atoms with Crippen LogP contribution in [0, 0.1) is 0 Å². The van der Waals surface area contributed by atoms with Crippen LogP contribution in [0.3, 0.4) is 0 Å². The first kappa shape index (κ1) is 13.8. The van der Waals surface area contributed by atoms with E-state index in [4.69, 9.17) is 10.5 Å². The molecule has 1 aliphatic heterocycles. The zero-order valence-corrected chi connectivity index (χ0v) is 11.6. The number of carbonyl (C=O) groups excluding carboxylic acids is 1. The number of aromatic nitrogens is 1. The molecule has 0 saturated heterocycles. The van der Waals surface area contributed by atoms with E-state index in [2.05, 4.69) is 4.98 Å². The molecular weight excluding hydrogens is 270 g/mol. The lowest BCUT2D eigenvalue weighted by atomic mass is 10.2. The van der Waals surface area contributed by atoms with E-state index in [9.17, 15) is 13.2 Å². The second-order valence-electron chi connectivity index (χ2n) is 4.51. The molecule has 1 amide bonds. The molecule has 0 unspecified atom stereocenters. The number of amides is 1. The molecule has 1 aromatic rings. The predicted molar refractivity (Wildman–Crippen MR) is 68.8 cm³/mol. The summed E-state index contributed by atoms with van der Waals surface area (Å²) in [6.45, 7) is 1.65. The highest BCUT2D eigenvalue weighted by Crippen LogP contribution is 2.31. The topological polar surface area (TPSA) is 103 Å². The molecule has 0 saturated carbocycles. The molecule has 2 atom stereocenters. The fraction of sp³-hybridized carbons (Fsp3) is 0.455. The molecule has 0 bridgehead atoms. The number of ether oxygens (including phenoxy) is 1. The van der Waals surface area contributed by atoms with Crippen LogP contribution in [0.4, 0.5) is 5.82 Å². The van der Waals surface area contributed by atoms with Gasteiger partial charge < -0.3 is 10.5 Å². The molecule has 0 radical (unpaired) electrons. The summed E-state index contributed by atoms with van der Waals surface area (Å²) in [5.74, 6) is 0.169. The Morgan fingerprint density at radius 2 is 2.11 bits per heavy atom. The standard InChI is InChI=1S/C11H15N3O4S/c1-6-9(12)11(15)14(2)10-8(18-6)4-7(5-13-10)19(3,16)17/h4-6,9H,12H2,1-3H3/t6-,9+/m1/s1. The van der Waals surface area contributed by atoms with Crippen LogP contribution in [0.25, 0.3) is 0 Å². The number of sulfone groups is 1. The predicted octanol–water partition coefficient (Wildman–Crippen LogP) is -0.444. The molecule has 104 valence electrons. The van der Waals surface area contributed by atoms with Crippen molar-refractivity contribution in [3.05, 3.63) is 12.3 Å². The Morgan fingerprint density at radius 3 is 2.68 bits per heavy atom. The van der Waals surface area contributed by atoms with Gasteiger partial charge in [-0.05, 0) is 6.92 Å². The van der Waals surface area contributed by atoms with Crippen molar-refractivity contribution in [3.8, 4) is 5.75 Å². The fourth-order valence-electron chi connectivity index (χ4n) is 1.76. The third-order valence-electron chi connectivity index (χ3n) is 2.99. The third-order valence-corrected chi connectivity index (χ3v) is 4.07. The summed E-state index contributed by atoms with van der Waals surface area (Å²) in [6.07, 6.45) is 1.72. The second kappa shape index (κ2) is 4.46. The van der Waals surface area contributed by atoms with Gasteiger partial charge in [-0.2, -0.15) is 0 Å². The van der Waals surface area contributed by atoms with Gasteiger partial charge in [0.15, 0.2) is 21.4 Å². The van der Waals surface area contributed by atoms with Crippen LogP contribution in [-0.2, 0) is 14.6 Å². The van der Waals surface area contributed by atoms with Gasteiger partial charge >= 0.3 is 0 Å². The van der Waals surface area contributed by atoms with Crippen molar-refractivity contribution in [1.29, 1.82) is 0 Å². The van der Waals surface area contributed by atoms with Gasteiger partial charge in [0.2, 0.25) is 5.91 Å². The quantitative estimate of drug-likeness (QED) is 0.750. The number of pyridine rings is 1. The SMILES string of the molecule is C[C@H]1Oc2cc(S(C)(=O)=O)cnc2N(C)C(=O)[C@H]1N. The van der Waals surface area contributed by atoms with Gasteiger partial charge in [-0.15, -0.1) is 0 Å². The van der Waals surface area contributed by atoms with Crippen molar-refractivity contribution in [2.75, 3.05) is 18.2 Å². The number of fused-ring (bicyclic) bond motifs is 1. The zero-order chi connectivity index (χ0) is 14.4. The molecule has 2 rings (SSSR count). The van der Waals surface area contributed by atoms with E-state index in [1.54, 1.807) is 6.92 Å². The summed E-state index contributed by atoms with van der Waals surface area (Å²) < 4.78 is 28.5. The van der Waals surface area contributed by atoms with Crippen LogP contribution in [0.2, 0.25) is 0 Å². The van der Waals surface area contributed by atoms with Gasteiger partial charge in [0.1, 0.15) is 12.1 Å². The number of hydrogen-bond acceptors (Lipinski definition) is 6. The summed E-state index contributed by atoms with van der Waals surface area (Å²) in [6, 6.07) is 0.539. The van der Waals surface area contributed by atoms with E-state index in [0.717, 1.165) is 6.26 Å². The monoisotopic (exact) mass is 285 g/mol. The molecule has 0 spiro atoms. The molecule has 1 aliphatic rings. The Balaban J connectivity index is 2.57. The van der Waals surface area contributed by atoms with E-state index in [0.29, 0.717) is 0 Å². The van der Waals surface area contributed by atoms with E-state index < -0.39 is 22.0 Å². The van der Waals surface area contributed by atoms with E-state index in [1.165, 1.54) is 24.2 Å². The minimum absolute atomic E-state index is 0.0368. The van der Waals surface area contributed by atoms with Gasteiger partial charge in [-0.1, -0.05) is 0 Å². The van der Waals surface area contributed by atoms with Gasteiger partial charge in [0, 0.05) is 25.6 Å². The first-order valence-electron chi connectivity index (χ1n) is 5.61. The largest absolute Gasteiger partial charge is 0.485 e. The molecule has 0 aliphatic carbocycles. The van der Waals surface area contributed by atoms with Crippen molar-refractivity contribution in [1.82, 2.24) is 4.98 Å². The lowest BCUT2D eigenvalue weighted by molar-refractivity contribution is -0.120. The Bertz CT molecular complexity index is 629. The highest BCUT2D eigenvalue weighted by molar-refractivity contribution is 7.90. The van der Waals surface area contributed by atoms with Crippen LogP contribution in [0.5, 0.6) is 5.75 Å². The Labute approximate surface area is 111 Å². The molecule has 7 nitrogen and oxygen atoms in total. The Kier molecular flexibility index (Phi) is 3.23. The number of carbonyl (C=O) groups is 1. The molecule has 2 N–H and O–H groups in total. The van der Waals surface area contributed by atoms with Crippen LogP contribution in [0.1, 0.15) is 6.92 Å². The normalized spacial score (nSPS) is 23.6. The molecule has 2 heterocycles. The number of nitrogens with zero attached hydrogens (tertiary/aromatic N) is 2. The van der Waals surface area contributed by atoms with Crippen molar-refractivity contribution in [2.45, 2.75) is 24.0 Å². The lowest BCUT2D eigenvalue weighted by Crippen LogP contribution is -2.48. The number of likely N-dealkylation sites (N-methyl/N-ethyl adjacent to an activating group) is 1. The maximum atomic E-state index is 12.0. The highest BCUT2D eigenvalue weighted by Gasteiger charge is 2.33. The minimum Gasteiger partial charge on any atom is -0.485 e. The Morgan fingerprint density at radius 1 is 1.47 bits per heavy atom. The van der Waals surface area contributed by atoms with Gasteiger partial charge in [0.05, 0.1) is 4.90 Å². The average Bonchev–Trinajstić information content (AvgIpc) is 2.41. The summed E-state index contributed by atoms with van der Waals surface area (Å²) >= 11 is 0. The van der Waals surface area contributed by atoms with Gasteiger partial charge in [0.25, 0.3) is 0 Å². The third kappa shape index (κ3) is 2.41. The molecule has 1 aromatic heterocycles. The molecule has 8 heteroatoms. The van der Waals surface area contributed by atoms with E-state index in [-0.39, 0.29) is 22.4 Å². The zero-order valence-electron chi connectivity index (χ0n) is 10.8. The number of nitrogens with two attached hydrogens (primary N) is 1. The summed E-state index contributed by atoms with van der Waals surface area (Å²) in [5, 5.41) is 0. The summed E-state index contributed by atoms with van der Waals surface area (Å²) in [4.78, 5) is 17.3. The van der Waals surface area contributed by atoms with E-state index >= 15 is 0 Å². The summed E-state index contributed by atoms with van der Waals surface area (Å²) in [7, 11) is -1.86. The van der Waals surface area contributed by atoms with Crippen molar-refractivity contribution >= 4 is 21.6 Å². The number of rotatable bonds is 1. The molecule has 19 heavy (non-hydrogen) atoms. The number of hydrogen-bond donors (Lipinski definition) is 1. The molecular formula is C11H15N3O4S. The number of anilines is 1. The fourth-order valence-corrected chi connectivity index (χ4v) is 2.33. The maximum absolute atomic E-state index is 12.0. The summed E-state index contributed by atoms with van der Waals surface area (Å²) in [5.41, 5.74) is 5.75. The van der Waals surface area contributed by atoms with E-state index in [1.807, 2.05) is 0 Å². The molecule has 0 fully saturated rings. The first-order chi connectivity index (χ1) is 8.71. The van der Waals surface area contributed by atoms with Crippen LogP contribution in [0.15, 0.2) is 17.2 Å². The van der Waals surface area contributed by atoms with Gasteiger partial charge in [-0.25, -0.2) is 13.4 Å². The molecule has 0 aromatic carbocycles. The Hall–Kier alpha value is -1.67. The van der Waals surface area contributed by atoms with Crippen molar-refractivity contribution in [3.63, 3.8) is 0 Å². The smallest absolute Gasteiger partial charge is 0.248 e. The first-order valence-corrected chi connectivity index (χ1v) is 7.51. The van der Waals surface area contributed by atoms with Crippen molar-refractivity contribution in [2.24, 2.45) is 5.73 Å². The highest BCUT2D eigenvalue weighted by atomic mass is 32.2.